The fourth-order valence-electron chi connectivity index (χ4n) is 5.79. The van der Waals surface area contributed by atoms with Gasteiger partial charge in [-0.05, 0) is 48.8 Å². The Bertz CT molecular complexity index is 1370. The summed E-state index contributed by atoms with van der Waals surface area (Å²) in [4.78, 5) is 12.2. The molecular weight excluding hydrogens is 472 g/mol. The number of methoxy groups -OCH3 is 1. The number of hydrogen-bond acceptors (Lipinski definition) is 6. The van der Waals surface area contributed by atoms with Gasteiger partial charge in [0.05, 0.1) is 12.8 Å². The van der Waals surface area contributed by atoms with Crippen molar-refractivity contribution in [2.75, 3.05) is 40.0 Å². The lowest BCUT2D eigenvalue weighted by Crippen LogP contribution is -2.45. The fraction of sp³-hybridized carbons (Fsp3) is 0.344. The van der Waals surface area contributed by atoms with Crippen LogP contribution < -0.4 is 4.74 Å². The van der Waals surface area contributed by atoms with Gasteiger partial charge in [-0.1, -0.05) is 48.6 Å². The molecule has 0 saturated carbocycles. The van der Waals surface area contributed by atoms with E-state index in [4.69, 9.17) is 14.5 Å². The van der Waals surface area contributed by atoms with Gasteiger partial charge in [0.1, 0.15) is 18.0 Å². The average Bonchev–Trinajstić information content (AvgIpc) is 3.23. The molecule has 2 aromatic carbocycles. The molecule has 6 heteroatoms. The van der Waals surface area contributed by atoms with E-state index in [-0.39, 0.29) is 6.04 Å². The third-order valence-corrected chi connectivity index (χ3v) is 7.98. The van der Waals surface area contributed by atoms with E-state index in [1.165, 1.54) is 27.8 Å². The molecule has 1 aromatic heterocycles. The second-order valence-electron chi connectivity index (χ2n) is 10.3. The molecule has 6 rings (SSSR count). The number of allylic oxidation sites excluding steroid dienone is 4. The summed E-state index contributed by atoms with van der Waals surface area (Å²) in [6.45, 7) is 8.55. The summed E-state index contributed by atoms with van der Waals surface area (Å²) in [7, 11) is 1.76. The van der Waals surface area contributed by atoms with E-state index in [9.17, 15) is 0 Å². The molecule has 1 unspecified atom stereocenters. The number of ether oxygens (including phenoxy) is 2. The number of aromatic nitrogens is 1. The van der Waals surface area contributed by atoms with Gasteiger partial charge in [-0.15, -0.1) is 0 Å². The Balaban J connectivity index is 1.21. The standard InChI is InChI=1S/C32H36N4O2/c1-24(25-10-5-3-6-11-25)36-22-27-20-26(28-12-9-15-33-31(28)32(27)38-23-36)21-34-16-18-35(19-17-34)29-13-7-4-8-14-30(29)37-2/h3,5-15,20,24H,4,16-19,21-23H2,1-2H3. The van der Waals surface area contributed by atoms with E-state index < -0.39 is 0 Å². The van der Waals surface area contributed by atoms with Crippen molar-refractivity contribution < 1.29 is 9.47 Å². The van der Waals surface area contributed by atoms with Crippen molar-refractivity contribution in [2.24, 2.45) is 0 Å². The quantitative estimate of drug-likeness (QED) is 0.429. The first kappa shape index (κ1) is 24.7. The van der Waals surface area contributed by atoms with E-state index in [1.807, 2.05) is 12.3 Å². The highest BCUT2D eigenvalue weighted by molar-refractivity contribution is 5.89. The maximum Gasteiger partial charge on any atom is 0.152 e. The minimum atomic E-state index is 0.277. The lowest BCUT2D eigenvalue weighted by molar-refractivity contribution is 0.0629. The summed E-state index contributed by atoms with van der Waals surface area (Å²) < 4.78 is 12.0. The lowest BCUT2D eigenvalue weighted by Gasteiger charge is -2.37. The van der Waals surface area contributed by atoms with Gasteiger partial charge in [0.25, 0.3) is 0 Å². The first-order valence-corrected chi connectivity index (χ1v) is 13.6. The van der Waals surface area contributed by atoms with E-state index in [0.29, 0.717) is 6.73 Å². The molecule has 1 aliphatic carbocycles. The number of piperazine rings is 1. The molecule has 0 N–H and O–H groups in total. The highest BCUT2D eigenvalue weighted by Gasteiger charge is 2.27. The molecule has 0 radical (unpaired) electrons. The highest BCUT2D eigenvalue weighted by atomic mass is 16.5. The third kappa shape index (κ3) is 4.94. The molecule has 1 fully saturated rings. The van der Waals surface area contributed by atoms with Crippen molar-refractivity contribution >= 4 is 10.9 Å². The summed E-state index contributed by atoms with van der Waals surface area (Å²) in [6, 6.07) is 17.5. The van der Waals surface area contributed by atoms with Gasteiger partial charge in [0, 0.05) is 62.5 Å². The number of rotatable bonds is 6. The first-order chi connectivity index (χ1) is 18.7. The minimum Gasteiger partial charge on any atom is -0.495 e. The summed E-state index contributed by atoms with van der Waals surface area (Å²) >= 11 is 0. The lowest BCUT2D eigenvalue weighted by atomic mass is 9.99. The van der Waals surface area contributed by atoms with Crippen molar-refractivity contribution in [3.8, 4) is 5.75 Å². The summed E-state index contributed by atoms with van der Waals surface area (Å²) in [5.41, 5.74) is 6.03. The second-order valence-corrected chi connectivity index (χ2v) is 10.3. The zero-order valence-corrected chi connectivity index (χ0v) is 22.3. The van der Waals surface area contributed by atoms with Gasteiger partial charge in [0.15, 0.2) is 5.75 Å². The van der Waals surface area contributed by atoms with Crippen LogP contribution in [0, 0.1) is 0 Å². The van der Waals surface area contributed by atoms with E-state index in [0.717, 1.165) is 62.7 Å². The zero-order valence-electron chi connectivity index (χ0n) is 22.3. The van der Waals surface area contributed by atoms with Crippen molar-refractivity contribution in [3.63, 3.8) is 0 Å². The van der Waals surface area contributed by atoms with Crippen molar-refractivity contribution in [1.29, 1.82) is 0 Å². The number of benzene rings is 2. The van der Waals surface area contributed by atoms with Crippen molar-refractivity contribution in [2.45, 2.75) is 32.5 Å². The van der Waals surface area contributed by atoms with Crippen LogP contribution in [-0.4, -0.2) is 59.7 Å². The average molecular weight is 509 g/mol. The maximum absolute atomic E-state index is 6.36. The zero-order chi connectivity index (χ0) is 25.9. The molecule has 38 heavy (non-hydrogen) atoms. The van der Waals surface area contributed by atoms with Crippen LogP contribution in [0.1, 0.15) is 36.1 Å². The van der Waals surface area contributed by atoms with Crippen LogP contribution in [0.15, 0.2) is 90.5 Å². The number of pyridine rings is 1. The molecule has 1 saturated heterocycles. The predicted molar refractivity (Wildman–Crippen MR) is 151 cm³/mol. The Morgan fingerprint density at radius 2 is 1.82 bits per heavy atom. The fourth-order valence-corrected chi connectivity index (χ4v) is 5.79. The first-order valence-electron chi connectivity index (χ1n) is 13.6. The van der Waals surface area contributed by atoms with Crippen molar-refractivity contribution in [3.05, 3.63) is 107 Å². The van der Waals surface area contributed by atoms with Crippen LogP contribution in [0.2, 0.25) is 0 Å². The highest BCUT2D eigenvalue weighted by Crippen LogP contribution is 2.37. The Kier molecular flexibility index (Phi) is 7.16. The molecule has 3 heterocycles. The Morgan fingerprint density at radius 1 is 1.00 bits per heavy atom. The molecular formula is C32H36N4O2. The predicted octanol–water partition coefficient (Wildman–Crippen LogP) is 5.64. The summed E-state index contributed by atoms with van der Waals surface area (Å²) in [5.74, 6) is 1.89. The smallest absolute Gasteiger partial charge is 0.152 e. The normalized spacial score (nSPS) is 19.3. The number of hydrogen-bond donors (Lipinski definition) is 0. The largest absolute Gasteiger partial charge is 0.495 e. The van der Waals surface area contributed by atoms with Gasteiger partial charge >= 0.3 is 0 Å². The second kappa shape index (κ2) is 11.0. The molecule has 0 spiro atoms. The van der Waals surface area contributed by atoms with Crippen LogP contribution in [0.5, 0.6) is 5.75 Å². The van der Waals surface area contributed by atoms with Crippen LogP contribution in [0.4, 0.5) is 0 Å². The van der Waals surface area contributed by atoms with Gasteiger partial charge in [-0.25, -0.2) is 0 Å². The van der Waals surface area contributed by atoms with Crippen LogP contribution in [0.25, 0.3) is 10.9 Å². The van der Waals surface area contributed by atoms with Crippen LogP contribution >= 0.6 is 0 Å². The number of nitrogens with zero attached hydrogens (tertiary/aromatic N) is 4. The Labute approximate surface area is 225 Å². The SMILES string of the molecule is COC1=C(N2CCN(Cc3cc4c(c5ncccc35)OCN(C(C)c3ccccc3)C4)CC2)C=CCC=C1. The van der Waals surface area contributed by atoms with Gasteiger partial charge in [-0.3, -0.25) is 14.8 Å². The topological polar surface area (TPSA) is 41.1 Å². The van der Waals surface area contributed by atoms with Gasteiger partial charge < -0.3 is 14.4 Å². The molecule has 3 aromatic rings. The van der Waals surface area contributed by atoms with Crippen LogP contribution in [0.3, 0.4) is 0 Å². The number of fused-ring (bicyclic) bond motifs is 3. The third-order valence-electron chi connectivity index (χ3n) is 7.98. The molecule has 2 aliphatic heterocycles. The van der Waals surface area contributed by atoms with Crippen molar-refractivity contribution in [1.82, 2.24) is 19.7 Å². The van der Waals surface area contributed by atoms with Crippen LogP contribution in [-0.2, 0) is 17.8 Å². The Morgan fingerprint density at radius 3 is 2.63 bits per heavy atom. The molecule has 1 atom stereocenters. The molecule has 0 bridgehead atoms. The monoisotopic (exact) mass is 508 g/mol. The molecule has 196 valence electrons. The van der Waals surface area contributed by atoms with E-state index >= 15 is 0 Å². The molecule has 6 nitrogen and oxygen atoms in total. The van der Waals surface area contributed by atoms with Gasteiger partial charge in [-0.2, -0.15) is 0 Å². The summed E-state index contributed by atoms with van der Waals surface area (Å²) in [5, 5.41) is 1.19. The Hall–Kier alpha value is -3.61. The van der Waals surface area contributed by atoms with E-state index in [1.54, 1.807) is 7.11 Å². The molecule has 3 aliphatic rings. The van der Waals surface area contributed by atoms with E-state index in [2.05, 4.69) is 88.4 Å². The minimum absolute atomic E-state index is 0.277. The van der Waals surface area contributed by atoms with Gasteiger partial charge in [0.2, 0.25) is 0 Å². The summed E-state index contributed by atoms with van der Waals surface area (Å²) in [6.07, 6.45) is 11.5. The molecule has 0 amide bonds. The maximum atomic E-state index is 6.36.